The molecule has 1 aliphatic carbocycles. The van der Waals surface area contributed by atoms with E-state index in [1.165, 1.54) is 11.0 Å². The van der Waals surface area contributed by atoms with Crippen molar-refractivity contribution in [3.63, 3.8) is 0 Å². The van der Waals surface area contributed by atoms with Crippen molar-refractivity contribution in [2.24, 2.45) is 7.05 Å². The number of methoxy groups -OCH3 is 1. The minimum absolute atomic E-state index is 0.0199. The minimum atomic E-state index is -1.02. The van der Waals surface area contributed by atoms with Gasteiger partial charge in [0.15, 0.2) is 17.5 Å². The maximum atomic E-state index is 15.2. The van der Waals surface area contributed by atoms with E-state index in [4.69, 9.17) is 9.72 Å². The van der Waals surface area contributed by atoms with E-state index in [0.717, 1.165) is 29.7 Å². The van der Waals surface area contributed by atoms with Crippen LogP contribution in [0, 0.1) is 23.0 Å². The Balaban J connectivity index is 1.41. The molecule has 41 heavy (non-hydrogen) atoms. The van der Waals surface area contributed by atoms with Crippen LogP contribution in [-0.4, -0.2) is 45.9 Å². The third kappa shape index (κ3) is 4.96. The molecule has 1 aliphatic heterocycles. The molecule has 2 aromatic carbocycles. The summed E-state index contributed by atoms with van der Waals surface area (Å²) in [6.45, 7) is 0.819. The number of aryl methyl sites for hydroxylation is 1. The van der Waals surface area contributed by atoms with Crippen molar-refractivity contribution in [3.8, 4) is 28.6 Å². The normalized spacial score (nSPS) is 14.4. The largest absolute Gasteiger partial charge is 0.383 e. The van der Waals surface area contributed by atoms with Crippen molar-refractivity contribution < 1.29 is 18.3 Å². The van der Waals surface area contributed by atoms with Gasteiger partial charge in [-0.3, -0.25) is 9.69 Å². The summed E-state index contributed by atoms with van der Waals surface area (Å²) in [5.41, 5.74) is 3.80. The van der Waals surface area contributed by atoms with E-state index in [9.17, 15) is 14.4 Å². The second kappa shape index (κ2) is 10.8. The van der Waals surface area contributed by atoms with Crippen LogP contribution in [0.5, 0.6) is 0 Å². The van der Waals surface area contributed by atoms with Crippen LogP contribution in [0.2, 0.25) is 0 Å². The summed E-state index contributed by atoms with van der Waals surface area (Å²) < 4.78 is 36.9. The second-order valence-electron chi connectivity index (χ2n) is 10.3. The van der Waals surface area contributed by atoms with Gasteiger partial charge in [0.1, 0.15) is 12.1 Å². The molecular weight excluding hydrogens is 528 g/mol. The smallest absolute Gasteiger partial charge is 0.260 e. The van der Waals surface area contributed by atoms with Gasteiger partial charge >= 0.3 is 0 Å². The number of nitriles is 1. The quantitative estimate of drug-likeness (QED) is 0.304. The molecule has 1 saturated carbocycles. The summed E-state index contributed by atoms with van der Waals surface area (Å²) in [5.74, 6) is -1.22. The first kappa shape index (κ1) is 26.7. The number of hydrogen-bond acceptors (Lipinski definition) is 7. The van der Waals surface area contributed by atoms with E-state index in [-0.39, 0.29) is 35.7 Å². The number of nitrogens with one attached hydrogen (secondary N) is 1. The Kier molecular flexibility index (Phi) is 7.03. The predicted molar refractivity (Wildman–Crippen MR) is 147 cm³/mol. The van der Waals surface area contributed by atoms with E-state index in [0.29, 0.717) is 35.9 Å². The van der Waals surface area contributed by atoms with Gasteiger partial charge in [-0.05, 0) is 54.3 Å². The summed E-state index contributed by atoms with van der Waals surface area (Å²) in [4.78, 5) is 19.8. The summed E-state index contributed by atoms with van der Waals surface area (Å²) >= 11 is 0. The van der Waals surface area contributed by atoms with Crippen LogP contribution in [0.15, 0.2) is 42.7 Å². The molecule has 9 nitrogen and oxygen atoms in total. The van der Waals surface area contributed by atoms with Crippen molar-refractivity contribution in [3.05, 3.63) is 82.3 Å². The lowest BCUT2D eigenvalue weighted by Gasteiger charge is -2.18. The minimum Gasteiger partial charge on any atom is -0.383 e. The van der Waals surface area contributed by atoms with E-state index in [1.54, 1.807) is 36.2 Å². The number of halogens is 2. The number of fused-ring (bicyclic) bond motifs is 1. The van der Waals surface area contributed by atoms with Gasteiger partial charge in [0.05, 0.1) is 24.8 Å². The molecule has 1 N–H and O–H groups in total. The van der Waals surface area contributed by atoms with Crippen molar-refractivity contribution in [1.29, 1.82) is 5.26 Å². The van der Waals surface area contributed by atoms with Crippen LogP contribution < -0.4 is 10.2 Å². The maximum Gasteiger partial charge on any atom is 0.260 e. The monoisotopic (exact) mass is 555 g/mol. The van der Waals surface area contributed by atoms with E-state index in [2.05, 4.69) is 21.6 Å². The Morgan fingerprint density at radius 2 is 1.95 bits per heavy atom. The third-order valence-electron chi connectivity index (χ3n) is 7.49. The van der Waals surface area contributed by atoms with Crippen molar-refractivity contribution in [2.45, 2.75) is 31.8 Å². The number of benzene rings is 2. The second-order valence-corrected chi connectivity index (χ2v) is 10.3. The van der Waals surface area contributed by atoms with Crippen molar-refractivity contribution in [2.75, 3.05) is 25.2 Å². The molecule has 0 atom stereocenters. The average molecular weight is 556 g/mol. The number of rotatable bonds is 9. The zero-order valence-electron chi connectivity index (χ0n) is 22.6. The fourth-order valence-corrected chi connectivity index (χ4v) is 5.14. The molecule has 4 aromatic rings. The Bertz CT molecular complexity index is 1710. The van der Waals surface area contributed by atoms with Crippen LogP contribution in [0.25, 0.3) is 22.5 Å². The first-order valence-electron chi connectivity index (χ1n) is 13.3. The highest BCUT2D eigenvalue weighted by Crippen LogP contribution is 2.43. The lowest BCUT2D eigenvalue weighted by atomic mass is 9.96. The first-order chi connectivity index (χ1) is 19.9. The number of carbonyl (C=O) groups excluding carboxylic acids is 1. The standard InChI is InChI=1S/C30H27F2N7O2/c1-38-16-35-37-29(38)22-9-17(13-33)3-6-21(22)19-11-25(18-4-5-18)36-26(12-19)39-15-24-23(30(39)40)10-20(27(31)28(24)32)14-34-7-8-41-2/h3,6,9-12,16,18,34H,4-5,7-8,14-15H2,1-2H3. The number of anilines is 1. The van der Waals surface area contributed by atoms with Crippen LogP contribution in [0.4, 0.5) is 14.6 Å². The third-order valence-corrected chi connectivity index (χ3v) is 7.49. The number of aromatic nitrogens is 4. The van der Waals surface area contributed by atoms with Gasteiger partial charge in [0.25, 0.3) is 5.91 Å². The van der Waals surface area contributed by atoms with E-state index >= 15 is 4.39 Å². The van der Waals surface area contributed by atoms with Gasteiger partial charge in [0.2, 0.25) is 0 Å². The Morgan fingerprint density at radius 3 is 2.66 bits per heavy atom. The van der Waals surface area contributed by atoms with Crippen LogP contribution in [0.3, 0.4) is 0 Å². The number of pyridine rings is 1. The van der Waals surface area contributed by atoms with Gasteiger partial charge in [-0.25, -0.2) is 13.8 Å². The summed E-state index contributed by atoms with van der Waals surface area (Å²) in [5, 5.41) is 20.8. The molecule has 11 heteroatoms. The lowest BCUT2D eigenvalue weighted by Crippen LogP contribution is -2.24. The molecule has 0 unspecified atom stereocenters. The Morgan fingerprint density at radius 1 is 1.12 bits per heavy atom. The Labute approximate surface area is 235 Å². The van der Waals surface area contributed by atoms with E-state index < -0.39 is 17.5 Å². The predicted octanol–water partition coefficient (Wildman–Crippen LogP) is 4.47. The van der Waals surface area contributed by atoms with E-state index in [1.807, 2.05) is 19.2 Å². The molecular formula is C30H27F2N7O2. The van der Waals surface area contributed by atoms with Crippen molar-refractivity contribution in [1.82, 2.24) is 25.1 Å². The highest BCUT2D eigenvalue weighted by Gasteiger charge is 2.36. The number of hydrogen-bond donors (Lipinski definition) is 1. The highest BCUT2D eigenvalue weighted by atomic mass is 19.2. The molecule has 1 amide bonds. The number of nitrogens with zero attached hydrogens (tertiary/aromatic N) is 6. The Hall–Kier alpha value is -4.53. The molecule has 0 saturated heterocycles. The van der Waals surface area contributed by atoms with Crippen LogP contribution in [-0.2, 0) is 24.9 Å². The molecule has 6 rings (SSSR count). The fraction of sp³-hybridized carbons (Fsp3) is 0.300. The van der Waals surface area contributed by atoms with Gasteiger partial charge in [0, 0.05) is 61.1 Å². The maximum absolute atomic E-state index is 15.2. The van der Waals surface area contributed by atoms with Gasteiger partial charge in [-0.15, -0.1) is 10.2 Å². The van der Waals surface area contributed by atoms with Crippen molar-refractivity contribution >= 4 is 11.7 Å². The lowest BCUT2D eigenvalue weighted by molar-refractivity contribution is 0.0995. The summed E-state index contributed by atoms with van der Waals surface area (Å²) in [6, 6.07) is 12.7. The highest BCUT2D eigenvalue weighted by molar-refractivity contribution is 6.10. The summed E-state index contributed by atoms with van der Waals surface area (Å²) in [6.07, 6.45) is 3.54. The molecule has 208 valence electrons. The fourth-order valence-electron chi connectivity index (χ4n) is 5.14. The number of carbonyl (C=O) groups is 1. The topological polar surface area (TPSA) is 109 Å². The van der Waals surface area contributed by atoms with Gasteiger partial charge in [-0.2, -0.15) is 5.26 Å². The molecule has 0 radical (unpaired) electrons. The zero-order chi connectivity index (χ0) is 28.7. The number of ether oxygens (including phenoxy) is 1. The molecule has 2 aliphatic rings. The molecule has 1 fully saturated rings. The molecule has 0 spiro atoms. The van der Waals surface area contributed by atoms with Crippen LogP contribution >= 0.6 is 0 Å². The van der Waals surface area contributed by atoms with Crippen LogP contribution in [0.1, 0.15) is 51.5 Å². The van der Waals surface area contributed by atoms with Gasteiger partial charge < -0.3 is 14.6 Å². The average Bonchev–Trinajstić information content (AvgIpc) is 3.67. The first-order valence-corrected chi connectivity index (χ1v) is 13.3. The molecule has 0 bridgehead atoms. The summed E-state index contributed by atoms with van der Waals surface area (Å²) in [7, 11) is 3.38. The SMILES string of the molecule is COCCNCc1cc2c(c(F)c1F)CN(c1cc(-c3ccc(C#N)cc3-c3nncn3C)cc(C3CC3)n1)C2=O. The number of amides is 1. The van der Waals surface area contributed by atoms with Gasteiger partial charge in [-0.1, -0.05) is 6.07 Å². The zero-order valence-corrected chi connectivity index (χ0v) is 22.6. The molecule has 2 aromatic heterocycles. The molecule has 3 heterocycles.